The molecule has 20 heavy (non-hydrogen) atoms. The minimum absolute atomic E-state index is 0.0658. The molecule has 0 saturated carbocycles. The molecular formula is C17H16N2O. The van der Waals surface area contributed by atoms with Gasteiger partial charge in [0.05, 0.1) is 12.0 Å². The van der Waals surface area contributed by atoms with Crippen molar-refractivity contribution >= 4 is 5.91 Å². The van der Waals surface area contributed by atoms with Crippen LogP contribution in [-0.2, 0) is 4.79 Å². The molecule has 1 amide bonds. The Labute approximate surface area is 119 Å². The van der Waals surface area contributed by atoms with Crippen LogP contribution in [0.4, 0.5) is 0 Å². The molecule has 0 atom stereocenters. The predicted molar refractivity (Wildman–Crippen MR) is 78.0 cm³/mol. The normalized spacial score (nSPS) is 10.1. The van der Waals surface area contributed by atoms with E-state index in [-0.39, 0.29) is 18.4 Å². The lowest BCUT2D eigenvalue weighted by atomic mass is 9.90. The largest absolute Gasteiger partial charge is 0.332 e. The summed E-state index contributed by atoms with van der Waals surface area (Å²) in [7, 11) is 1.66. The molecule has 0 aliphatic heterocycles. The van der Waals surface area contributed by atoms with Crippen molar-refractivity contribution in [2.24, 2.45) is 0 Å². The first kappa shape index (κ1) is 13.8. The molecule has 2 aromatic carbocycles. The van der Waals surface area contributed by atoms with Crippen LogP contribution >= 0.6 is 0 Å². The molecule has 3 nitrogen and oxygen atoms in total. The van der Waals surface area contributed by atoms with Crippen molar-refractivity contribution < 1.29 is 4.79 Å². The van der Waals surface area contributed by atoms with Gasteiger partial charge in [-0.25, -0.2) is 0 Å². The summed E-state index contributed by atoms with van der Waals surface area (Å²) in [4.78, 5) is 14.1. The molecule has 0 N–H and O–H groups in total. The van der Waals surface area contributed by atoms with Gasteiger partial charge in [0.2, 0.25) is 5.91 Å². The van der Waals surface area contributed by atoms with Gasteiger partial charge >= 0.3 is 0 Å². The lowest BCUT2D eigenvalue weighted by Gasteiger charge is -2.22. The molecule has 0 radical (unpaired) electrons. The molecule has 0 saturated heterocycles. The maximum atomic E-state index is 12.6. The van der Waals surface area contributed by atoms with Gasteiger partial charge in [-0.05, 0) is 11.1 Å². The van der Waals surface area contributed by atoms with Crippen molar-refractivity contribution in [1.82, 2.24) is 4.90 Å². The number of likely N-dealkylation sites (N-methyl/N-ethyl adjacent to an activating group) is 1. The lowest BCUT2D eigenvalue weighted by Crippen LogP contribution is -2.32. The Morgan fingerprint density at radius 1 is 1.05 bits per heavy atom. The first-order valence-corrected chi connectivity index (χ1v) is 6.46. The number of rotatable bonds is 4. The molecule has 0 aliphatic rings. The van der Waals surface area contributed by atoms with Crippen LogP contribution in [0, 0.1) is 11.3 Å². The summed E-state index contributed by atoms with van der Waals surface area (Å²) < 4.78 is 0. The van der Waals surface area contributed by atoms with E-state index >= 15 is 0 Å². The molecule has 100 valence electrons. The number of carbonyl (C=O) groups is 1. The van der Waals surface area contributed by atoms with Crippen molar-refractivity contribution in [2.75, 3.05) is 13.6 Å². The van der Waals surface area contributed by atoms with Crippen LogP contribution in [-0.4, -0.2) is 24.4 Å². The summed E-state index contributed by atoms with van der Waals surface area (Å²) in [5.41, 5.74) is 1.88. The van der Waals surface area contributed by atoms with Gasteiger partial charge in [0.25, 0.3) is 0 Å². The van der Waals surface area contributed by atoms with Gasteiger partial charge in [-0.3, -0.25) is 4.79 Å². The van der Waals surface area contributed by atoms with Crippen molar-refractivity contribution in [3.05, 3.63) is 71.8 Å². The summed E-state index contributed by atoms with van der Waals surface area (Å²) >= 11 is 0. The van der Waals surface area contributed by atoms with Gasteiger partial charge in [0.1, 0.15) is 6.54 Å². The van der Waals surface area contributed by atoms with E-state index in [1.807, 2.05) is 66.7 Å². The van der Waals surface area contributed by atoms with E-state index in [9.17, 15) is 4.79 Å². The summed E-state index contributed by atoms with van der Waals surface area (Å²) in [5.74, 6) is -0.431. The fourth-order valence-corrected chi connectivity index (χ4v) is 2.17. The number of hydrogen-bond donors (Lipinski definition) is 0. The lowest BCUT2D eigenvalue weighted by molar-refractivity contribution is -0.130. The zero-order valence-corrected chi connectivity index (χ0v) is 11.4. The van der Waals surface area contributed by atoms with Gasteiger partial charge in [-0.1, -0.05) is 60.7 Å². The van der Waals surface area contributed by atoms with Crippen LogP contribution in [0.5, 0.6) is 0 Å². The first-order chi connectivity index (χ1) is 9.74. The van der Waals surface area contributed by atoms with Crippen LogP contribution in [0.2, 0.25) is 0 Å². The van der Waals surface area contributed by atoms with Crippen LogP contribution in [0.3, 0.4) is 0 Å². The van der Waals surface area contributed by atoms with Crippen molar-refractivity contribution in [3.8, 4) is 6.07 Å². The van der Waals surface area contributed by atoms with E-state index in [1.165, 1.54) is 4.90 Å². The van der Waals surface area contributed by atoms with E-state index in [4.69, 9.17) is 5.26 Å². The highest BCUT2D eigenvalue weighted by Gasteiger charge is 2.25. The Morgan fingerprint density at radius 3 is 1.90 bits per heavy atom. The summed E-state index contributed by atoms with van der Waals surface area (Å²) in [6.45, 7) is 0.0923. The summed E-state index contributed by atoms with van der Waals surface area (Å²) in [6.07, 6.45) is 0. The summed E-state index contributed by atoms with van der Waals surface area (Å²) in [5, 5.41) is 8.76. The highest BCUT2D eigenvalue weighted by atomic mass is 16.2. The fourth-order valence-electron chi connectivity index (χ4n) is 2.17. The van der Waals surface area contributed by atoms with E-state index in [0.717, 1.165) is 11.1 Å². The average molecular weight is 264 g/mol. The van der Waals surface area contributed by atoms with Gasteiger partial charge in [-0.2, -0.15) is 5.26 Å². The van der Waals surface area contributed by atoms with Crippen molar-refractivity contribution in [3.63, 3.8) is 0 Å². The molecule has 3 heteroatoms. The molecule has 2 aromatic rings. The van der Waals surface area contributed by atoms with Gasteiger partial charge in [-0.15, -0.1) is 0 Å². The third kappa shape index (κ3) is 3.04. The standard InChI is InChI=1S/C17H16N2O/c1-19(13-12-18)17(20)16(14-8-4-2-5-9-14)15-10-6-3-7-11-15/h2-11,16H,13H2,1H3. The average Bonchev–Trinajstić information content (AvgIpc) is 2.50. The third-order valence-electron chi connectivity index (χ3n) is 3.20. The Hall–Kier alpha value is -2.60. The molecular weight excluding hydrogens is 248 g/mol. The molecule has 2 rings (SSSR count). The summed E-state index contributed by atoms with van der Waals surface area (Å²) in [6, 6.07) is 21.3. The van der Waals surface area contributed by atoms with Crippen molar-refractivity contribution in [1.29, 1.82) is 5.26 Å². The molecule has 0 aliphatic carbocycles. The second-order valence-corrected chi connectivity index (χ2v) is 4.61. The molecule has 0 heterocycles. The molecule has 0 bridgehead atoms. The van der Waals surface area contributed by atoms with Gasteiger partial charge in [0.15, 0.2) is 0 Å². The van der Waals surface area contributed by atoms with Gasteiger partial charge in [0, 0.05) is 7.05 Å². The maximum Gasteiger partial charge on any atom is 0.235 e. The second kappa shape index (κ2) is 6.53. The van der Waals surface area contributed by atoms with Crippen LogP contribution in [0.25, 0.3) is 0 Å². The van der Waals surface area contributed by atoms with Gasteiger partial charge < -0.3 is 4.90 Å². The molecule has 0 aromatic heterocycles. The number of carbonyl (C=O) groups excluding carboxylic acids is 1. The van der Waals surface area contributed by atoms with E-state index in [2.05, 4.69) is 0 Å². The molecule has 0 unspecified atom stereocenters. The van der Waals surface area contributed by atoms with E-state index in [1.54, 1.807) is 7.05 Å². The molecule has 0 spiro atoms. The Balaban J connectivity index is 2.41. The predicted octanol–water partition coefficient (Wildman–Crippen LogP) is 2.80. The number of amides is 1. The van der Waals surface area contributed by atoms with E-state index in [0.29, 0.717) is 0 Å². The number of hydrogen-bond acceptors (Lipinski definition) is 2. The SMILES string of the molecule is CN(CC#N)C(=O)C(c1ccccc1)c1ccccc1. The Kier molecular flexibility index (Phi) is 4.52. The Morgan fingerprint density at radius 2 is 1.50 bits per heavy atom. The quantitative estimate of drug-likeness (QED) is 0.797. The maximum absolute atomic E-state index is 12.6. The Bertz CT molecular complexity index is 562. The van der Waals surface area contributed by atoms with Crippen molar-refractivity contribution in [2.45, 2.75) is 5.92 Å². The minimum atomic E-state index is -0.365. The molecule has 0 fully saturated rings. The monoisotopic (exact) mass is 264 g/mol. The van der Waals surface area contributed by atoms with Crippen LogP contribution in [0.15, 0.2) is 60.7 Å². The zero-order chi connectivity index (χ0) is 14.4. The fraction of sp³-hybridized carbons (Fsp3) is 0.176. The van der Waals surface area contributed by atoms with Crippen LogP contribution in [0.1, 0.15) is 17.0 Å². The first-order valence-electron chi connectivity index (χ1n) is 6.46. The minimum Gasteiger partial charge on any atom is -0.332 e. The third-order valence-corrected chi connectivity index (χ3v) is 3.20. The topological polar surface area (TPSA) is 44.1 Å². The van der Waals surface area contributed by atoms with Crippen LogP contribution < -0.4 is 0 Å². The zero-order valence-electron chi connectivity index (χ0n) is 11.4. The van der Waals surface area contributed by atoms with E-state index < -0.39 is 0 Å². The smallest absolute Gasteiger partial charge is 0.235 e. The second-order valence-electron chi connectivity index (χ2n) is 4.61. The highest BCUT2D eigenvalue weighted by Crippen LogP contribution is 2.26. The highest BCUT2D eigenvalue weighted by molar-refractivity contribution is 5.87. The number of nitriles is 1. The number of nitrogens with zero attached hydrogens (tertiary/aromatic N) is 2. The number of benzene rings is 2.